The van der Waals surface area contributed by atoms with Crippen molar-refractivity contribution in [2.75, 3.05) is 50.7 Å². The number of rotatable bonds is 7. The Morgan fingerprint density at radius 2 is 1.69 bits per heavy atom. The van der Waals surface area contributed by atoms with Gasteiger partial charge < -0.3 is 20.3 Å². The van der Waals surface area contributed by atoms with Crippen LogP contribution in [0.5, 0.6) is 0 Å². The van der Waals surface area contributed by atoms with Crippen molar-refractivity contribution in [3.05, 3.63) is 65.7 Å². The molecule has 0 bridgehead atoms. The number of nitrogens with zero attached hydrogens (tertiary/aromatic N) is 4. The van der Waals surface area contributed by atoms with Gasteiger partial charge in [-0.15, -0.1) is 0 Å². The maximum atomic E-state index is 11.6. The molecule has 2 fully saturated rings. The summed E-state index contributed by atoms with van der Waals surface area (Å²) in [6.07, 6.45) is 3.78. The minimum absolute atomic E-state index is 0.209. The number of piperidine rings is 1. The molecule has 7 heteroatoms. The van der Waals surface area contributed by atoms with E-state index in [0.717, 1.165) is 64.2 Å². The van der Waals surface area contributed by atoms with Crippen molar-refractivity contribution in [1.82, 2.24) is 4.90 Å². The third kappa shape index (κ3) is 5.47. The van der Waals surface area contributed by atoms with Crippen LogP contribution >= 0.6 is 0 Å². The molecule has 0 amide bonds. The van der Waals surface area contributed by atoms with E-state index in [-0.39, 0.29) is 6.54 Å². The molecule has 2 aromatic rings. The highest BCUT2D eigenvalue weighted by Crippen LogP contribution is 2.27. The number of carbonyl (C=O) groups is 1. The van der Waals surface area contributed by atoms with E-state index >= 15 is 0 Å². The normalized spacial score (nSPS) is 24.6. The first-order chi connectivity index (χ1) is 15.6. The topological polar surface area (TPSA) is 82.2 Å². The minimum Gasteiger partial charge on any atom is -0.477 e. The first-order valence-electron chi connectivity index (χ1n) is 11.5. The number of hydrogen-bond donors (Lipinski definition) is 2. The molecule has 7 nitrogen and oxygen atoms in total. The number of aliphatic carboxylic acids is 1. The summed E-state index contributed by atoms with van der Waals surface area (Å²) in [5.74, 6) is 4.53. The molecule has 0 atom stereocenters. The van der Waals surface area contributed by atoms with E-state index in [1.807, 2.05) is 30.3 Å². The van der Waals surface area contributed by atoms with Gasteiger partial charge in [0, 0.05) is 56.3 Å². The van der Waals surface area contributed by atoms with E-state index in [2.05, 4.69) is 39.2 Å². The van der Waals surface area contributed by atoms with Crippen molar-refractivity contribution >= 4 is 17.9 Å². The fraction of sp³-hybridized carbons (Fsp3) is 0.440. The number of quaternary nitrogens is 1. The molecule has 2 aromatic carbocycles. The molecule has 0 saturated carbocycles. The van der Waals surface area contributed by atoms with Gasteiger partial charge in [0.25, 0.3) is 0 Å². The molecule has 32 heavy (non-hydrogen) atoms. The van der Waals surface area contributed by atoms with Crippen molar-refractivity contribution in [1.29, 1.82) is 0 Å². The minimum atomic E-state index is -0.697. The molecule has 2 aliphatic rings. The number of likely N-dealkylation sites (tertiary alicyclic amines) is 1. The van der Waals surface area contributed by atoms with E-state index in [9.17, 15) is 9.90 Å². The smallest absolute Gasteiger partial charge is 0.359 e. The van der Waals surface area contributed by atoms with Crippen LogP contribution in [0.2, 0.25) is 0 Å². The number of nitrogens with two attached hydrogens (primary N) is 1. The summed E-state index contributed by atoms with van der Waals surface area (Å²) in [7, 11) is 0. The van der Waals surface area contributed by atoms with Gasteiger partial charge in [-0.1, -0.05) is 42.5 Å². The lowest BCUT2D eigenvalue weighted by atomic mass is 9.98. The van der Waals surface area contributed by atoms with Crippen molar-refractivity contribution in [3.8, 4) is 0 Å². The Labute approximate surface area is 190 Å². The predicted molar refractivity (Wildman–Crippen MR) is 128 cm³/mol. The van der Waals surface area contributed by atoms with E-state index < -0.39 is 5.97 Å². The lowest BCUT2D eigenvalue weighted by Gasteiger charge is -2.47. The molecular formula is C25H34N5O2+. The van der Waals surface area contributed by atoms with Crippen molar-refractivity contribution in [2.45, 2.75) is 25.4 Å². The summed E-state index contributed by atoms with van der Waals surface area (Å²) in [6, 6.07) is 19.2. The Hall–Kier alpha value is -2.90. The molecule has 0 aromatic heterocycles. The van der Waals surface area contributed by atoms with Gasteiger partial charge in [-0.3, -0.25) is 4.90 Å². The summed E-state index contributed by atoms with van der Waals surface area (Å²) >= 11 is 0. The highest BCUT2D eigenvalue weighted by Gasteiger charge is 2.38. The SMILES string of the molecule is N/N=C\c1ccc(N2CCN(C3CC[N+](CC(=O)O)(Cc4ccccc4)CC3)CC2)cc1. The van der Waals surface area contributed by atoms with Crippen molar-refractivity contribution < 1.29 is 14.4 Å². The van der Waals surface area contributed by atoms with Gasteiger partial charge in [-0.25, -0.2) is 4.79 Å². The standard InChI is InChI=1S/C25H33N5O2/c26-27-18-21-6-8-23(9-7-21)28-12-14-29(15-13-28)24-10-16-30(17-11-24,20-25(31)32)19-22-4-2-1-3-5-22/h1-9,18,24H,10-17,19-20,26H2/p+1/b27-18-. The van der Waals surface area contributed by atoms with Crippen molar-refractivity contribution in [3.63, 3.8) is 0 Å². The fourth-order valence-corrected chi connectivity index (χ4v) is 5.30. The van der Waals surface area contributed by atoms with Gasteiger partial charge in [-0.05, 0) is 17.7 Å². The van der Waals surface area contributed by atoms with E-state index in [1.165, 1.54) is 11.3 Å². The number of anilines is 1. The number of carboxylic acids is 1. The molecule has 3 N–H and O–H groups in total. The third-order valence-corrected chi connectivity index (χ3v) is 7.02. The highest BCUT2D eigenvalue weighted by atomic mass is 16.4. The molecule has 0 aliphatic carbocycles. The summed E-state index contributed by atoms with van der Waals surface area (Å²) < 4.78 is 0.661. The summed E-state index contributed by atoms with van der Waals surface area (Å²) in [4.78, 5) is 16.7. The average Bonchev–Trinajstić information content (AvgIpc) is 2.81. The molecule has 170 valence electrons. The van der Waals surface area contributed by atoms with Crippen LogP contribution in [0.1, 0.15) is 24.0 Å². The monoisotopic (exact) mass is 436 g/mol. The molecule has 0 radical (unpaired) electrons. The van der Waals surface area contributed by atoms with Crippen LogP contribution in [0.15, 0.2) is 59.7 Å². The van der Waals surface area contributed by atoms with Crippen LogP contribution in [0, 0.1) is 0 Å². The highest BCUT2D eigenvalue weighted by molar-refractivity contribution is 5.80. The zero-order valence-electron chi connectivity index (χ0n) is 18.6. The number of hydrazone groups is 1. The largest absolute Gasteiger partial charge is 0.477 e. The van der Waals surface area contributed by atoms with E-state index in [4.69, 9.17) is 5.84 Å². The number of piperazine rings is 1. The lowest BCUT2D eigenvalue weighted by Crippen LogP contribution is -2.59. The average molecular weight is 437 g/mol. The third-order valence-electron chi connectivity index (χ3n) is 7.02. The van der Waals surface area contributed by atoms with Gasteiger partial charge >= 0.3 is 5.97 Å². The zero-order valence-corrected chi connectivity index (χ0v) is 18.6. The number of hydrogen-bond acceptors (Lipinski definition) is 5. The molecule has 2 heterocycles. The molecule has 0 unspecified atom stereocenters. The Kier molecular flexibility index (Phi) is 7.07. The van der Waals surface area contributed by atoms with Gasteiger partial charge in [-0.2, -0.15) is 5.10 Å². The first kappa shape index (κ1) is 22.3. The molecule has 0 spiro atoms. The summed E-state index contributed by atoms with van der Waals surface area (Å²) in [5, 5.41) is 13.1. The van der Waals surface area contributed by atoms with Crippen molar-refractivity contribution in [2.24, 2.45) is 10.9 Å². The van der Waals surface area contributed by atoms with E-state index in [1.54, 1.807) is 6.21 Å². The number of benzene rings is 2. The second-order valence-electron chi connectivity index (χ2n) is 9.11. The van der Waals surface area contributed by atoms with E-state index in [0.29, 0.717) is 10.5 Å². The van der Waals surface area contributed by atoms with Crippen LogP contribution in [-0.2, 0) is 11.3 Å². The molecular weight excluding hydrogens is 402 g/mol. The predicted octanol–water partition coefficient (Wildman–Crippen LogP) is 2.37. The molecule has 2 saturated heterocycles. The van der Waals surface area contributed by atoms with Crippen LogP contribution in [0.3, 0.4) is 0 Å². The van der Waals surface area contributed by atoms with Gasteiger partial charge in [0.1, 0.15) is 6.54 Å². The van der Waals surface area contributed by atoms with Gasteiger partial charge in [0.05, 0.1) is 19.3 Å². The zero-order chi connectivity index (χ0) is 22.4. The van der Waals surface area contributed by atoms with Crippen LogP contribution in [0.25, 0.3) is 0 Å². The Morgan fingerprint density at radius 1 is 1.03 bits per heavy atom. The fourth-order valence-electron chi connectivity index (χ4n) is 5.30. The Bertz CT molecular complexity index is 900. The first-order valence-corrected chi connectivity index (χ1v) is 11.5. The summed E-state index contributed by atoms with van der Waals surface area (Å²) in [5.41, 5.74) is 3.47. The number of carboxylic acid groups (broad SMARTS) is 1. The van der Waals surface area contributed by atoms with Crippen LogP contribution in [0.4, 0.5) is 5.69 Å². The summed E-state index contributed by atoms with van der Waals surface area (Å²) in [6.45, 7) is 6.99. The van der Waals surface area contributed by atoms with Gasteiger partial charge in [0.2, 0.25) is 0 Å². The molecule has 4 rings (SSSR count). The maximum Gasteiger partial charge on any atom is 0.359 e. The van der Waals surface area contributed by atoms with Crippen LogP contribution < -0.4 is 10.7 Å². The quantitative estimate of drug-likeness (QED) is 0.301. The maximum absolute atomic E-state index is 11.6. The Balaban J connectivity index is 1.32. The lowest BCUT2D eigenvalue weighted by molar-refractivity contribution is -0.939. The molecule has 2 aliphatic heterocycles. The second kappa shape index (κ2) is 10.1. The Morgan fingerprint density at radius 3 is 2.28 bits per heavy atom. The van der Waals surface area contributed by atoms with Crippen LogP contribution in [-0.4, -0.2) is 78.5 Å². The second-order valence-corrected chi connectivity index (χ2v) is 9.11. The van der Waals surface area contributed by atoms with Gasteiger partial charge in [0.15, 0.2) is 6.54 Å².